The third-order valence-corrected chi connectivity index (χ3v) is 5.28. The Morgan fingerprint density at radius 3 is 2.75 bits per heavy atom. The Morgan fingerprint density at radius 2 is 1.95 bits per heavy atom. The molecule has 2 aliphatic rings. The van der Waals surface area contributed by atoms with Crippen molar-refractivity contribution in [1.82, 2.24) is 10.3 Å². The fraction of sp³-hybridized carbons (Fsp3) is 0.625. The van der Waals surface area contributed by atoms with Gasteiger partial charge in [-0.15, -0.1) is 0 Å². The van der Waals surface area contributed by atoms with Gasteiger partial charge in [0, 0.05) is 22.9 Å². The number of carbonyl (C=O) groups is 1. The summed E-state index contributed by atoms with van der Waals surface area (Å²) in [5, 5.41) is 3.20. The molecule has 0 aliphatic heterocycles. The zero-order valence-electron chi connectivity index (χ0n) is 11.6. The topological polar surface area (TPSA) is 42.0 Å². The lowest BCUT2D eigenvalue weighted by molar-refractivity contribution is 0.0879. The van der Waals surface area contributed by atoms with Crippen LogP contribution in [0, 0.1) is 11.8 Å². The second kappa shape index (κ2) is 6.25. The maximum Gasteiger partial charge on any atom is 0.253 e. The number of aromatic nitrogens is 1. The third-order valence-electron chi connectivity index (χ3n) is 4.84. The van der Waals surface area contributed by atoms with Gasteiger partial charge in [0.05, 0.1) is 5.56 Å². The summed E-state index contributed by atoms with van der Waals surface area (Å²) in [5.74, 6) is 1.77. The minimum atomic E-state index is 0.0121. The second-order valence-electron chi connectivity index (χ2n) is 6.18. The van der Waals surface area contributed by atoms with E-state index in [1.54, 1.807) is 12.4 Å². The lowest BCUT2D eigenvalue weighted by Gasteiger charge is -2.39. The first-order chi connectivity index (χ1) is 9.72. The van der Waals surface area contributed by atoms with E-state index in [1.165, 1.54) is 32.1 Å². The number of carbonyl (C=O) groups excluding carboxylic acids is 1. The Balaban J connectivity index is 1.59. The van der Waals surface area contributed by atoms with E-state index < -0.39 is 0 Å². The Kier molecular flexibility index (Phi) is 4.39. The van der Waals surface area contributed by atoms with Gasteiger partial charge in [-0.25, -0.2) is 0 Å². The standard InChI is InChI=1S/C16H21BrN2O/c17-14-7-13(9-18-10-14)16(20)19-15-6-5-11-3-1-2-4-12(11)8-15/h7,9-12,15H,1-6,8H2,(H,19,20). The molecule has 0 radical (unpaired) electrons. The number of hydrogen-bond acceptors (Lipinski definition) is 2. The summed E-state index contributed by atoms with van der Waals surface area (Å²) in [7, 11) is 0. The van der Waals surface area contributed by atoms with Gasteiger partial charge in [-0.2, -0.15) is 0 Å². The van der Waals surface area contributed by atoms with Gasteiger partial charge in [0.2, 0.25) is 0 Å². The summed E-state index contributed by atoms with van der Waals surface area (Å²) >= 11 is 3.36. The molecule has 2 saturated carbocycles. The first-order valence-electron chi connectivity index (χ1n) is 7.64. The zero-order valence-corrected chi connectivity index (χ0v) is 13.2. The number of nitrogens with zero attached hydrogens (tertiary/aromatic N) is 1. The van der Waals surface area contributed by atoms with Crippen molar-refractivity contribution in [3.05, 3.63) is 28.5 Å². The summed E-state index contributed by atoms with van der Waals surface area (Å²) in [5.41, 5.74) is 0.644. The van der Waals surface area contributed by atoms with E-state index in [-0.39, 0.29) is 5.91 Å². The number of hydrogen-bond donors (Lipinski definition) is 1. The van der Waals surface area contributed by atoms with E-state index >= 15 is 0 Å². The molecule has 0 spiro atoms. The SMILES string of the molecule is O=C(NC1CCC2CCCCC2C1)c1cncc(Br)c1. The second-order valence-corrected chi connectivity index (χ2v) is 7.10. The van der Waals surface area contributed by atoms with E-state index in [1.807, 2.05) is 6.07 Å². The smallest absolute Gasteiger partial charge is 0.253 e. The average molecular weight is 337 g/mol. The minimum Gasteiger partial charge on any atom is -0.349 e. The van der Waals surface area contributed by atoms with Gasteiger partial charge < -0.3 is 5.32 Å². The van der Waals surface area contributed by atoms with Gasteiger partial charge in [0.1, 0.15) is 0 Å². The molecule has 3 nitrogen and oxygen atoms in total. The molecule has 2 aliphatic carbocycles. The number of amides is 1. The lowest BCUT2D eigenvalue weighted by atomic mass is 9.69. The number of pyridine rings is 1. The van der Waals surface area contributed by atoms with Gasteiger partial charge >= 0.3 is 0 Å². The maximum atomic E-state index is 12.3. The zero-order chi connectivity index (χ0) is 13.9. The van der Waals surface area contributed by atoms with Crippen molar-refractivity contribution >= 4 is 21.8 Å². The Morgan fingerprint density at radius 1 is 1.15 bits per heavy atom. The highest BCUT2D eigenvalue weighted by Gasteiger charge is 2.32. The molecule has 1 N–H and O–H groups in total. The number of rotatable bonds is 2. The predicted molar refractivity (Wildman–Crippen MR) is 82.5 cm³/mol. The molecule has 1 heterocycles. The molecule has 0 aromatic carbocycles. The fourth-order valence-corrected chi connectivity index (χ4v) is 4.17. The van der Waals surface area contributed by atoms with Crippen LogP contribution in [0.1, 0.15) is 55.3 Å². The third kappa shape index (κ3) is 3.22. The van der Waals surface area contributed by atoms with Crippen LogP contribution in [0.4, 0.5) is 0 Å². The summed E-state index contributed by atoms with van der Waals surface area (Å²) in [6, 6.07) is 2.18. The number of fused-ring (bicyclic) bond motifs is 1. The van der Waals surface area contributed by atoms with E-state index in [0.29, 0.717) is 11.6 Å². The molecule has 1 amide bonds. The van der Waals surface area contributed by atoms with Crippen LogP contribution < -0.4 is 5.32 Å². The van der Waals surface area contributed by atoms with Crippen LogP contribution in [0.25, 0.3) is 0 Å². The maximum absolute atomic E-state index is 12.3. The van der Waals surface area contributed by atoms with Crippen LogP contribution in [0.2, 0.25) is 0 Å². The van der Waals surface area contributed by atoms with Crippen LogP contribution in [0.15, 0.2) is 22.9 Å². The summed E-state index contributed by atoms with van der Waals surface area (Å²) in [4.78, 5) is 16.3. The largest absolute Gasteiger partial charge is 0.349 e. The Labute approximate surface area is 128 Å². The molecule has 1 aromatic rings. The summed E-state index contributed by atoms with van der Waals surface area (Å²) in [6.45, 7) is 0. The Hall–Kier alpha value is -0.900. The van der Waals surface area contributed by atoms with Crippen molar-refractivity contribution in [2.24, 2.45) is 11.8 Å². The van der Waals surface area contributed by atoms with Gasteiger partial charge in [0.15, 0.2) is 0 Å². The summed E-state index contributed by atoms with van der Waals surface area (Å²) < 4.78 is 0.848. The normalized spacial score (nSPS) is 29.6. The molecule has 0 saturated heterocycles. The average Bonchev–Trinajstić information content (AvgIpc) is 2.47. The first-order valence-corrected chi connectivity index (χ1v) is 8.43. The van der Waals surface area contributed by atoms with Crippen molar-refractivity contribution in [3.8, 4) is 0 Å². The molecule has 0 bridgehead atoms. The molecule has 2 fully saturated rings. The quantitative estimate of drug-likeness (QED) is 0.888. The molecule has 3 atom stereocenters. The van der Waals surface area contributed by atoms with Crippen LogP contribution in [-0.4, -0.2) is 16.9 Å². The highest BCUT2D eigenvalue weighted by atomic mass is 79.9. The van der Waals surface area contributed by atoms with Crippen molar-refractivity contribution in [1.29, 1.82) is 0 Å². The van der Waals surface area contributed by atoms with Gasteiger partial charge in [-0.1, -0.05) is 25.7 Å². The van der Waals surface area contributed by atoms with Gasteiger partial charge in [-0.3, -0.25) is 9.78 Å². The van der Waals surface area contributed by atoms with Crippen LogP contribution in [0.3, 0.4) is 0 Å². The van der Waals surface area contributed by atoms with Crippen LogP contribution in [-0.2, 0) is 0 Å². The van der Waals surface area contributed by atoms with E-state index in [9.17, 15) is 4.79 Å². The molecule has 20 heavy (non-hydrogen) atoms. The van der Waals surface area contributed by atoms with Gasteiger partial charge in [-0.05, 0) is 53.1 Å². The van der Waals surface area contributed by atoms with Gasteiger partial charge in [0.25, 0.3) is 5.91 Å². The first kappa shape index (κ1) is 14.1. The van der Waals surface area contributed by atoms with E-state index in [0.717, 1.165) is 29.2 Å². The highest BCUT2D eigenvalue weighted by molar-refractivity contribution is 9.10. The fourth-order valence-electron chi connectivity index (χ4n) is 3.81. The van der Waals surface area contributed by atoms with Crippen molar-refractivity contribution in [2.75, 3.05) is 0 Å². The molecule has 108 valence electrons. The summed E-state index contributed by atoms with van der Waals surface area (Å²) in [6.07, 6.45) is 12.4. The molecule has 4 heteroatoms. The van der Waals surface area contributed by atoms with E-state index in [2.05, 4.69) is 26.2 Å². The predicted octanol–water partition coefficient (Wildman–Crippen LogP) is 3.93. The molecule has 3 rings (SSSR count). The van der Waals surface area contributed by atoms with Crippen LogP contribution >= 0.6 is 15.9 Å². The van der Waals surface area contributed by atoms with Crippen molar-refractivity contribution < 1.29 is 4.79 Å². The molecular weight excluding hydrogens is 316 g/mol. The highest BCUT2D eigenvalue weighted by Crippen LogP contribution is 2.40. The molecule has 3 unspecified atom stereocenters. The lowest BCUT2D eigenvalue weighted by Crippen LogP contribution is -2.41. The van der Waals surface area contributed by atoms with E-state index in [4.69, 9.17) is 0 Å². The Bertz CT molecular complexity index is 491. The van der Waals surface area contributed by atoms with Crippen molar-refractivity contribution in [2.45, 2.75) is 51.0 Å². The minimum absolute atomic E-state index is 0.0121. The number of halogens is 1. The molecule has 1 aromatic heterocycles. The van der Waals surface area contributed by atoms with Crippen molar-refractivity contribution in [3.63, 3.8) is 0 Å². The monoisotopic (exact) mass is 336 g/mol. The molecular formula is C16H21BrN2O. The number of nitrogens with one attached hydrogen (secondary N) is 1. The van der Waals surface area contributed by atoms with Crippen LogP contribution in [0.5, 0.6) is 0 Å².